The monoisotopic (exact) mass is 370 g/mol. The van der Waals surface area contributed by atoms with Gasteiger partial charge in [0.1, 0.15) is 5.54 Å². The van der Waals surface area contributed by atoms with Crippen molar-refractivity contribution in [2.45, 2.75) is 31.2 Å². The van der Waals surface area contributed by atoms with Crippen LogP contribution in [0.5, 0.6) is 0 Å². The summed E-state index contributed by atoms with van der Waals surface area (Å²) >= 11 is 1.39. The van der Waals surface area contributed by atoms with Crippen molar-refractivity contribution in [1.29, 1.82) is 0 Å². The van der Waals surface area contributed by atoms with E-state index in [0.717, 1.165) is 12.8 Å². The van der Waals surface area contributed by atoms with E-state index in [4.69, 9.17) is 4.74 Å². The number of anilines is 2. The number of nitrogens with zero attached hydrogens (tertiary/aromatic N) is 1. The maximum Gasteiger partial charge on any atom is 0.339 e. The highest BCUT2D eigenvalue weighted by atomic mass is 32.1. The normalized spacial score (nSPS) is 17.7. The summed E-state index contributed by atoms with van der Waals surface area (Å²) in [7, 11) is 0. The lowest BCUT2D eigenvalue weighted by atomic mass is 9.90. The summed E-state index contributed by atoms with van der Waals surface area (Å²) in [6, 6.07) is 8.88. The van der Waals surface area contributed by atoms with Gasteiger partial charge in [0.25, 0.3) is 11.8 Å². The number of hydrogen-bond donors (Lipinski definition) is 1. The number of hydrogen-bond acceptors (Lipinski definition) is 5. The van der Waals surface area contributed by atoms with Crippen LogP contribution in [0.4, 0.5) is 11.4 Å². The molecule has 134 valence electrons. The van der Waals surface area contributed by atoms with Crippen molar-refractivity contribution in [1.82, 2.24) is 0 Å². The molecule has 7 heteroatoms. The fourth-order valence-electron chi connectivity index (χ4n) is 3.78. The van der Waals surface area contributed by atoms with Crippen molar-refractivity contribution in [2.75, 3.05) is 16.8 Å². The Morgan fingerprint density at radius 3 is 2.69 bits per heavy atom. The van der Waals surface area contributed by atoms with Crippen LogP contribution in [0.2, 0.25) is 0 Å². The largest absolute Gasteiger partial charge is 0.452 e. The van der Waals surface area contributed by atoms with Gasteiger partial charge in [-0.15, -0.1) is 0 Å². The van der Waals surface area contributed by atoms with Crippen LogP contribution < -0.4 is 10.2 Å². The lowest BCUT2D eigenvalue weighted by molar-refractivity contribution is -0.129. The maximum absolute atomic E-state index is 13.0. The number of carbonyl (C=O) groups excluding carboxylic acids is 3. The molecule has 26 heavy (non-hydrogen) atoms. The summed E-state index contributed by atoms with van der Waals surface area (Å²) in [4.78, 5) is 39.4. The third kappa shape index (κ3) is 2.68. The van der Waals surface area contributed by atoms with Crippen LogP contribution in [-0.4, -0.2) is 29.9 Å². The number of rotatable bonds is 3. The maximum atomic E-state index is 13.0. The number of fused-ring (bicyclic) bond motifs is 1. The second-order valence-corrected chi connectivity index (χ2v) is 7.31. The topological polar surface area (TPSA) is 75.7 Å². The Morgan fingerprint density at radius 2 is 1.96 bits per heavy atom. The molecule has 4 rings (SSSR count). The van der Waals surface area contributed by atoms with Crippen molar-refractivity contribution in [2.24, 2.45) is 0 Å². The summed E-state index contributed by atoms with van der Waals surface area (Å²) in [5.41, 5.74) is 0.800. The van der Waals surface area contributed by atoms with Crippen LogP contribution in [0.25, 0.3) is 0 Å². The molecule has 0 bridgehead atoms. The van der Waals surface area contributed by atoms with Crippen molar-refractivity contribution < 1.29 is 19.1 Å². The van der Waals surface area contributed by atoms with Gasteiger partial charge in [0.15, 0.2) is 6.61 Å². The molecule has 2 heterocycles. The number of thiophene rings is 1. The standard InChI is InChI=1S/C19H18N2O4S/c22-16(11-25-17(23)13-7-10-26-12-13)21-15-6-2-1-5-14(15)20-18(24)19(21)8-3-4-9-19/h1-2,5-7,10,12H,3-4,8-9,11H2,(H,20,24). The van der Waals surface area contributed by atoms with Gasteiger partial charge in [-0.2, -0.15) is 11.3 Å². The van der Waals surface area contributed by atoms with E-state index >= 15 is 0 Å². The van der Waals surface area contributed by atoms with Gasteiger partial charge in [-0.25, -0.2) is 4.79 Å². The molecule has 0 saturated heterocycles. The van der Waals surface area contributed by atoms with Crippen LogP contribution in [0.3, 0.4) is 0 Å². The van der Waals surface area contributed by atoms with E-state index in [9.17, 15) is 14.4 Å². The Kier molecular flexibility index (Phi) is 4.24. The minimum atomic E-state index is -0.889. The van der Waals surface area contributed by atoms with E-state index in [1.807, 2.05) is 18.2 Å². The summed E-state index contributed by atoms with van der Waals surface area (Å²) < 4.78 is 5.20. The number of benzene rings is 1. The number of nitrogens with one attached hydrogen (secondary N) is 1. The Hall–Kier alpha value is -2.67. The second kappa shape index (κ2) is 6.57. The lowest BCUT2D eigenvalue weighted by Crippen LogP contribution is -2.61. The van der Waals surface area contributed by atoms with E-state index in [1.165, 1.54) is 11.3 Å². The minimum absolute atomic E-state index is 0.161. The number of para-hydroxylation sites is 2. The first-order valence-electron chi connectivity index (χ1n) is 8.55. The summed E-state index contributed by atoms with van der Waals surface area (Å²) in [5.74, 6) is -1.07. The molecule has 0 unspecified atom stereocenters. The highest BCUT2D eigenvalue weighted by Crippen LogP contribution is 2.45. The molecule has 1 aliphatic carbocycles. The van der Waals surface area contributed by atoms with E-state index in [-0.39, 0.29) is 11.8 Å². The van der Waals surface area contributed by atoms with Gasteiger partial charge in [-0.05, 0) is 36.4 Å². The lowest BCUT2D eigenvalue weighted by Gasteiger charge is -2.44. The highest BCUT2D eigenvalue weighted by Gasteiger charge is 2.52. The minimum Gasteiger partial charge on any atom is -0.452 e. The predicted molar refractivity (Wildman–Crippen MR) is 98.4 cm³/mol. The quantitative estimate of drug-likeness (QED) is 0.842. The zero-order valence-electron chi connectivity index (χ0n) is 14.1. The van der Waals surface area contributed by atoms with Crippen molar-refractivity contribution in [3.8, 4) is 0 Å². The Bertz CT molecular complexity index is 856. The molecule has 1 aromatic carbocycles. The Morgan fingerprint density at radius 1 is 1.19 bits per heavy atom. The number of ether oxygens (including phenoxy) is 1. The molecular formula is C19H18N2O4S. The zero-order valence-corrected chi connectivity index (χ0v) is 14.9. The Labute approximate surface area is 154 Å². The van der Waals surface area contributed by atoms with Gasteiger partial charge in [0.05, 0.1) is 16.9 Å². The van der Waals surface area contributed by atoms with Gasteiger partial charge in [0.2, 0.25) is 0 Å². The summed E-state index contributed by atoms with van der Waals surface area (Å²) in [6.07, 6.45) is 2.98. The molecule has 0 radical (unpaired) electrons. The molecule has 1 saturated carbocycles. The number of carbonyl (C=O) groups is 3. The third-order valence-electron chi connectivity index (χ3n) is 5.01. The molecule has 2 aliphatic rings. The van der Waals surface area contributed by atoms with Gasteiger partial charge < -0.3 is 10.1 Å². The fraction of sp³-hybridized carbons (Fsp3) is 0.316. The van der Waals surface area contributed by atoms with Crippen molar-refractivity contribution in [3.63, 3.8) is 0 Å². The van der Waals surface area contributed by atoms with Crippen LogP contribution in [0.15, 0.2) is 41.1 Å². The molecule has 6 nitrogen and oxygen atoms in total. The van der Waals surface area contributed by atoms with Gasteiger partial charge in [0, 0.05) is 5.38 Å². The van der Waals surface area contributed by atoms with Crippen LogP contribution >= 0.6 is 11.3 Å². The van der Waals surface area contributed by atoms with Gasteiger partial charge in [-0.3, -0.25) is 14.5 Å². The first-order valence-corrected chi connectivity index (χ1v) is 9.49. The molecular weight excluding hydrogens is 352 g/mol. The van der Waals surface area contributed by atoms with Gasteiger partial charge in [-0.1, -0.05) is 25.0 Å². The molecule has 0 atom stereocenters. The molecule has 1 spiro atoms. The average Bonchev–Trinajstić information content (AvgIpc) is 3.33. The third-order valence-corrected chi connectivity index (χ3v) is 5.69. The smallest absolute Gasteiger partial charge is 0.339 e. The van der Waals surface area contributed by atoms with Crippen molar-refractivity contribution in [3.05, 3.63) is 46.7 Å². The first-order chi connectivity index (χ1) is 12.6. The summed E-state index contributed by atoms with van der Waals surface area (Å²) in [6.45, 7) is -0.391. The first kappa shape index (κ1) is 16.8. The van der Waals surface area contributed by atoms with E-state index < -0.39 is 18.1 Å². The molecule has 1 fully saturated rings. The SMILES string of the molecule is O=C(OCC(=O)N1c2ccccc2NC(=O)C12CCCC2)c1ccsc1. The van der Waals surface area contributed by atoms with Crippen LogP contribution in [0, 0.1) is 0 Å². The van der Waals surface area contributed by atoms with E-state index in [1.54, 1.807) is 27.8 Å². The highest BCUT2D eigenvalue weighted by molar-refractivity contribution is 7.08. The van der Waals surface area contributed by atoms with Crippen LogP contribution in [0.1, 0.15) is 36.0 Å². The van der Waals surface area contributed by atoms with Crippen molar-refractivity contribution >= 4 is 40.5 Å². The molecule has 1 N–H and O–H groups in total. The summed E-state index contributed by atoms with van der Waals surface area (Å²) in [5, 5.41) is 6.38. The van der Waals surface area contributed by atoms with Crippen LogP contribution in [-0.2, 0) is 14.3 Å². The van der Waals surface area contributed by atoms with E-state index in [0.29, 0.717) is 29.8 Å². The average molecular weight is 370 g/mol. The molecule has 1 aromatic heterocycles. The zero-order chi connectivity index (χ0) is 18.1. The predicted octanol–water partition coefficient (Wildman–Crippen LogP) is 3.20. The molecule has 2 aromatic rings. The second-order valence-electron chi connectivity index (χ2n) is 6.53. The van der Waals surface area contributed by atoms with E-state index in [2.05, 4.69) is 5.32 Å². The Balaban J connectivity index is 1.62. The number of amides is 2. The van der Waals surface area contributed by atoms with Gasteiger partial charge >= 0.3 is 5.97 Å². The molecule has 2 amide bonds. The molecule has 1 aliphatic heterocycles. The number of esters is 1. The fourth-order valence-corrected chi connectivity index (χ4v) is 4.41.